The Balaban J connectivity index is 1.64. The van der Waals surface area contributed by atoms with E-state index in [0.29, 0.717) is 28.8 Å². The van der Waals surface area contributed by atoms with Crippen molar-refractivity contribution in [3.63, 3.8) is 0 Å². The summed E-state index contributed by atoms with van der Waals surface area (Å²) in [4.78, 5) is 57.2. The minimum atomic E-state index is -1.22. The van der Waals surface area contributed by atoms with E-state index in [1.54, 1.807) is 51.1 Å². The molecule has 2 fully saturated rings. The lowest BCUT2D eigenvalue weighted by atomic mass is 10.1. The number of aromatic nitrogens is 1. The second kappa shape index (κ2) is 10.8. The predicted molar refractivity (Wildman–Crippen MR) is 145 cm³/mol. The summed E-state index contributed by atoms with van der Waals surface area (Å²) in [5.41, 5.74) is -1.31. The summed E-state index contributed by atoms with van der Waals surface area (Å²) in [5, 5.41) is 3.44. The zero-order valence-electron chi connectivity index (χ0n) is 23.6. The maximum atomic E-state index is 13.6. The lowest BCUT2D eigenvalue weighted by Gasteiger charge is -2.28. The molecule has 0 bridgehead atoms. The van der Waals surface area contributed by atoms with E-state index in [0.717, 1.165) is 0 Å². The number of Topliss-reactive ketones (excluding diaryl/α,β-unsaturated/α-hetero) is 1. The van der Waals surface area contributed by atoms with Gasteiger partial charge in [-0.2, -0.15) is 0 Å². The molecule has 2 aliphatic rings. The van der Waals surface area contributed by atoms with Gasteiger partial charge in [-0.3, -0.25) is 14.5 Å². The first-order chi connectivity index (χ1) is 18.8. The molecule has 0 spiro atoms. The molecule has 214 valence electrons. The molecule has 2 aromatic rings. The number of hydrogen-bond donors (Lipinski definition) is 1. The Labute approximate surface area is 232 Å². The topological polar surface area (TPSA) is 133 Å². The van der Waals surface area contributed by atoms with E-state index in [1.165, 1.54) is 26.0 Å². The number of likely N-dealkylation sites (tertiary alicyclic amines) is 1. The average molecular weight is 554 g/mol. The molecule has 4 rings (SSSR count). The Hall–Kier alpha value is -4.15. The second-order valence-corrected chi connectivity index (χ2v) is 11.1. The zero-order valence-corrected chi connectivity index (χ0v) is 23.6. The fourth-order valence-corrected chi connectivity index (χ4v) is 4.90. The van der Waals surface area contributed by atoms with Crippen molar-refractivity contribution in [1.29, 1.82) is 0 Å². The number of rotatable bonds is 8. The monoisotopic (exact) mass is 553 g/mol. The smallest absolute Gasteiger partial charge is 0.411 e. The van der Waals surface area contributed by atoms with Gasteiger partial charge in [0.1, 0.15) is 40.5 Å². The predicted octanol–water partition coefficient (Wildman–Crippen LogP) is 3.44. The number of carbonyl (C=O) groups excluding carboxylic acids is 4. The van der Waals surface area contributed by atoms with Crippen molar-refractivity contribution in [2.45, 2.75) is 63.8 Å². The SMILES string of the molecule is C=C[C@H]1C[C@]1(NC(=O)[C@@H]1C[C@@H](Oc2cc(C(C)=O)nc3cc(OC)ccc23)CN1C(=O)OC(C)(C)C)C(=O)OC. The van der Waals surface area contributed by atoms with Gasteiger partial charge in [0.15, 0.2) is 5.78 Å². The van der Waals surface area contributed by atoms with Gasteiger partial charge < -0.3 is 24.3 Å². The molecule has 2 heterocycles. The Kier molecular flexibility index (Phi) is 7.78. The number of benzene rings is 1. The fraction of sp³-hybridized carbons (Fsp3) is 0.483. The number of esters is 1. The van der Waals surface area contributed by atoms with Gasteiger partial charge in [0.25, 0.3) is 0 Å². The third-order valence-corrected chi connectivity index (χ3v) is 7.02. The largest absolute Gasteiger partial charge is 0.497 e. The van der Waals surface area contributed by atoms with E-state index in [4.69, 9.17) is 18.9 Å². The Bertz CT molecular complexity index is 1370. The molecule has 1 aromatic heterocycles. The number of carbonyl (C=O) groups is 4. The van der Waals surface area contributed by atoms with E-state index in [-0.39, 0.29) is 30.4 Å². The molecule has 2 amide bonds. The van der Waals surface area contributed by atoms with Gasteiger partial charge in [-0.1, -0.05) is 6.08 Å². The van der Waals surface area contributed by atoms with Crippen LogP contribution in [0.3, 0.4) is 0 Å². The highest BCUT2D eigenvalue weighted by Crippen LogP contribution is 2.45. The Morgan fingerprint density at radius 2 is 1.90 bits per heavy atom. The number of fused-ring (bicyclic) bond motifs is 1. The van der Waals surface area contributed by atoms with Crippen LogP contribution in [0.15, 0.2) is 36.9 Å². The molecule has 1 aromatic carbocycles. The van der Waals surface area contributed by atoms with Crippen LogP contribution >= 0.6 is 0 Å². The lowest BCUT2D eigenvalue weighted by Crippen LogP contribution is -2.53. The first-order valence-corrected chi connectivity index (χ1v) is 13.0. The molecule has 4 atom stereocenters. The van der Waals surface area contributed by atoms with Gasteiger partial charge in [0, 0.05) is 36.8 Å². The van der Waals surface area contributed by atoms with E-state index in [9.17, 15) is 19.2 Å². The van der Waals surface area contributed by atoms with Crippen LogP contribution in [0.5, 0.6) is 11.5 Å². The van der Waals surface area contributed by atoms with Crippen molar-refractivity contribution in [1.82, 2.24) is 15.2 Å². The molecule has 11 nitrogen and oxygen atoms in total. The highest BCUT2D eigenvalue weighted by Gasteiger charge is 2.62. The first-order valence-electron chi connectivity index (χ1n) is 13.0. The van der Waals surface area contributed by atoms with Crippen molar-refractivity contribution >= 4 is 34.7 Å². The minimum absolute atomic E-state index is 0.0402. The minimum Gasteiger partial charge on any atom is -0.497 e. The lowest BCUT2D eigenvalue weighted by molar-refractivity contribution is -0.147. The van der Waals surface area contributed by atoms with E-state index in [1.807, 2.05) is 0 Å². The van der Waals surface area contributed by atoms with E-state index in [2.05, 4.69) is 16.9 Å². The van der Waals surface area contributed by atoms with Crippen LogP contribution in [0, 0.1) is 5.92 Å². The van der Waals surface area contributed by atoms with Crippen LogP contribution in [-0.2, 0) is 19.1 Å². The number of ether oxygens (including phenoxy) is 4. The van der Waals surface area contributed by atoms with Crippen LogP contribution < -0.4 is 14.8 Å². The summed E-state index contributed by atoms with van der Waals surface area (Å²) in [6.07, 6.45) is 0.763. The number of nitrogens with one attached hydrogen (secondary N) is 1. The third-order valence-electron chi connectivity index (χ3n) is 7.02. The molecule has 0 radical (unpaired) electrons. The van der Waals surface area contributed by atoms with Gasteiger partial charge in [-0.25, -0.2) is 14.6 Å². The first kappa shape index (κ1) is 28.8. The molecule has 1 aliphatic heterocycles. The maximum Gasteiger partial charge on any atom is 0.411 e. The van der Waals surface area contributed by atoms with Crippen molar-refractivity contribution in [3.8, 4) is 11.5 Å². The summed E-state index contributed by atoms with van der Waals surface area (Å²) in [6.45, 7) is 10.4. The Morgan fingerprint density at radius 1 is 1.18 bits per heavy atom. The molecule has 1 aliphatic carbocycles. The van der Waals surface area contributed by atoms with Gasteiger partial charge >= 0.3 is 12.1 Å². The molecule has 1 N–H and O–H groups in total. The molecule has 11 heteroatoms. The quantitative estimate of drug-likeness (QED) is 0.296. The highest BCUT2D eigenvalue weighted by molar-refractivity contribution is 5.97. The van der Waals surface area contributed by atoms with E-state index < -0.39 is 41.3 Å². The van der Waals surface area contributed by atoms with Gasteiger partial charge in [-0.05, 0) is 39.3 Å². The summed E-state index contributed by atoms with van der Waals surface area (Å²) < 4.78 is 22.1. The summed E-state index contributed by atoms with van der Waals surface area (Å²) in [7, 11) is 2.79. The maximum absolute atomic E-state index is 13.6. The summed E-state index contributed by atoms with van der Waals surface area (Å²) in [6, 6.07) is 5.79. The van der Waals surface area contributed by atoms with Crippen molar-refractivity contribution in [2.75, 3.05) is 20.8 Å². The van der Waals surface area contributed by atoms with Crippen LogP contribution in [0.4, 0.5) is 4.79 Å². The highest BCUT2D eigenvalue weighted by atomic mass is 16.6. The number of nitrogens with zero attached hydrogens (tertiary/aromatic N) is 2. The third kappa shape index (κ3) is 5.73. The van der Waals surface area contributed by atoms with Crippen molar-refractivity contribution in [2.24, 2.45) is 5.92 Å². The van der Waals surface area contributed by atoms with Crippen LogP contribution in [0.25, 0.3) is 10.9 Å². The van der Waals surface area contributed by atoms with Crippen LogP contribution in [0.1, 0.15) is 51.0 Å². The molecule has 1 saturated carbocycles. The summed E-state index contributed by atoms with van der Waals surface area (Å²) in [5.74, 6) is -0.678. The van der Waals surface area contributed by atoms with Crippen LogP contribution in [0.2, 0.25) is 0 Å². The number of amides is 2. The normalized spacial score (nSPS) is 23.8. The number of hydrogen-bond acceptors (Lipinski definition) is 9. The molecule has 1 saturated heterocycles. The number of ketones is 1. The zero-order chi connectivity index (χ0) is 29.4. The molecular formula is C29H35N3O8. The van der Waals surface area contributed by atoms with Crippen molar-refractivity contribution < 1.29 is 38.1 Å². The molecule has 0 unspecified atom stereocenters. The standard InChI is InChI=1S/C29H35N3O8/c1-8-17-14-29(17,26(35)38-7)31-25(34)23-12-19(15-32(23)27(36)40-28(3,4)5)39-24-13-21(16(2)33)30-22-11-18(37-6)9-10-20(22)24/h8-11,13,17,19,23H,1,12,14-15H2,2-7H3,(H,31,34)/t17-,19+,23-,29+/m0/s1. The number of methoxy groups -OCH3 is 2. The fourth-order valence-electron chi connectivity index (χ4n) is 4.90. The van der Waals surface area contributed by atoms with E-state index >= 15 is 0 Å². The summed E-state index contributed by atoms with van der Waals surface area (Å²) >= 11 is 0. The second-order valence-electron chi connectivity index (χ2n) is 11.1. The van der Waals surface area contributed by atoms with Gasteiger partial charge in [-0.15, -0.1) is 6.58 Å². The van der Waals surface area contributed by atoms with Gasteiger partial charge in [0.05, 0.1) is 26.3 Å². The molecular weight excluding hydrogens is 518 g/mol. The van der Waals surface area contributed by atoms with Gasteiger partial charge in [0.2, 0.25) is 5.91 Å². The van der Waals surface area contributed by atoms with Crippen LogP contribution in [-0.4, -0.2) is 77.7 Å². The average Bonchev–Trinajstić information content (AvgIpc) is 3.45. The molecule has 40 heavy (non-hydrogen) atoms. The Morgan fingerprint density at radius 3 is 2.48 bits per heavy atom. The number of pyridine rings is 1. The van der Waals surface area contributed by atoms with Crippen molar-refractivity contribution in [3.05, 3.63) is 42.6 Å².